The standard InChI is InChI=1S/C15H15ClFNS/c1-10(18)11-4-2-5-12(8-11)19-9-13-14(16)6-3-7-15(13)17/h2-8,10H,9,18H2,1H3. The van der Waals surface area contributed by atoms with Crippen molar-refractivity contribution >= 4 is 23.4 Å². The number of nitrogens with two attached hydrogens (primary N) is 1. The Morgan fingerprint density at radius 1 is 1.26 bits per heavy atom. The fourth-order valence-corrected chi connectivity index (χ4v) is 3.02. The van der Waals surface area contributed by atoms with E-state index in [1.165, 1.54) is 6.07 Å². The fourth-order valence-electron chi connectivity index (χ4n) is 1.71. The van der Waals surface area contributed by atoms with Gasteiger partial charge in [0.1, 0.15) is 5.82 Å². The molecule has 0 heterocycles. The highest BCUT2D eigenvalue weighted by Crippen LogP contribution is 2.29. The van der Waals surface area contributed by atoms with Crippen molar-refractivity contribution in [3.8, 4) is 0 Å². The van der Waals surface area contributed by atoms with Gasteiger partial charge in [0, 0.05) is 27.3 Å². The molecular weight excluding hydrogens is 281 g/mol. The van der Waals surface area contributed by atoms with Crippen molar-refractivity contribution < 1.29 is 4.39 Å². The van der Waals surface area contributed by atoms with E-state index in [-0.39, 0.29) is 11.9 Å². The Bertz CT molecular complexity index is 552. The summed E-state index contributed by atoms with van der Waals surface area (Å²) in [7, 11) is 0. The molecular formula is C15H15ClFNS. The lowest BCUT2D eigenvalue weighted by Gasteiger charge is -2.09. The predicted octanol–water partition coefficient (Wildman–Crippen LogP) is 4.79. The lowest BCUT2D eigenvalue weighted by atomic mass is 10.1. The van der Waals surface area contributed by atoms with Crippen molar-refractivity contribution in [1.29, 1.82) is 0 Å². The van der Waals surface area contributed by atoms with Gasteiger partial charge in [0.2, 0.25) is 0 Å². The van der Waals surface area contributed by atoms with Gasteiger partial charge in [-0.15, -0.1) is 11.8 Å². The van der Waals surface area contributed by atoms with Crippen LogP contribution in [-0.2, 0) is 5.75 Å². The molecule has 100 valence electrons. The average molecular weight is 296 g/mol. The Kier molecular flexibility index (Phi) is 4.86. The highest BCUT2D eigenvalue weighted by molar-refractivity contribution is 7.98. The molecule has 2 N–H and O–H groups in total. The maximum Gasteiger partial charge on any atom is 0.128 e. The second-order valence-corrected chi connectivity index (χ2v) is 5.81. The smallest absolute Gasteiger partial charge is 0.128 e. The summed E-state index contributed by atoms with van der Waals surface area (Å²) in [6.07, 6.45) is 0. The molecule has 1 unspecified atom stereocenters. The van der Waals surface area contributed by atoms with Crippen molar-refractivity contribution in [3.63, 3.8) is 0 Å². The van der Waals surface area contributed by atoms with E-state index in [1.54, 1.807) is 23.9 Å². The molecule has 1 nitrogen and oxygen atoms in total. The summed E-state index contributed by atoms with van der Waals surface area (Å²) in [6, 6.07) is 12.7. The molecule has 0 aromatic heterocycles. The molecule has 0 fully saturated rings. The van der Waals surface area contributed by atoms with Crippen LogP contribution in [0.3, 0.4) is 0 Å². The zero-order chi connectivity index (χ0) is 13.8. The molecule has 2 aromatic carbocycles. The Labute approximate surface area is 122 Å². The summed E-state index contributed by atoms with van der Waals surface area (Å²) >= 11 is 7.56. The molecule has 0 aliphatic rings. The third-order valence-corrected chi connectivity index (χ3v) is 4.20. The molecule has 1 atom stereocenters. The number of rotatable bonds is 4. The molecule has 2 aromatic rings. The van der Waals surface area contributed by atoms with Crippen molar-refractivity contribution in [2.75, 3.05) is 0 Å². The van der Waals surface area contributed by atoms with E-state index in [9.17, 15) is 4.39 Å². The zero-order valence-corrected chi connectivity index (χ0v) is 12.1. The second kappa shape index (κ2) is 6.42. The fraction of sp³-hybridized carbons (Fsp3) is 0.200. The van der Waals surface area contributed by atoms with E-state index < -0.39 is 0 Å². The van der Waals surface area contributed by atoms with Gasteiger partial charge in [-0.1, -0.05) is 29.8 Å². The third kappa shape index (κ3) is 3.72. The van der Waals surface area contributed by atoms with E-state index in [2.05, 4.69) is 0 Å². The SMILES string of the molecule is CC(N)c1cccc(SCc2c(F)cccc2Cl)c1. The van der Waals surface area contributed by atoms with Crippen LogP contribution in [0, 0.1) is 5.82 Å². The molecule has 0 amide bonds. The topological polar surface area (TPSA) is 26.0 Å². The van der Waals surface area contributed by atoms with Gasteiger partial charge in [-0.3, -0.25) is 0 Å². The van der Waals surface area contributed by atoms with Crippen LogP contribution in [0.25, 0.3) is 0 Å². The van der Waals surface area contributed by atoms with Crippen LogP contribution in [0.1, 0.15) is 24.1 Å². The first-order chi connectivity index (χ1) is 9.08. The number of halogens is 2. The van der Waals surface area contributed by atoms with Gasteiger partial charge in [0.25, 0.3) is 0 Å². The predicted molar refractivity (Wildman–Crippen MR) is 80.0 cm³/mol. The van der Waals surface area contributed by atoms with E-state index >= 15 is 0 Å². The maximum absolute atomic E-state index is 13.6. The van der Waals surface area contributed by atoms with Gasteiger partial charge in [-0.05, 0) is 36.8 Å². The largest absolute Gasteiger partial charge is 0.324 e. The number of hydrogen-bond donors (Lipinski definition) is 1. The van der Waals surface area contributed by atoms with Crippen LogP contribution < -0.4 is 5.73 Å². The quantitative estimate of drug-likeness (QED) is 0.821. The van der Waals surface area contributed by atoms with Gasteiger partial charge in [0.15, 0.2) is 0 Å². The van der Waals surface area contributed by atoms with Crippen LogP contribution in [-0.4, -0.2) is 0 Å². The summed E-state index contributed by atoms with van der Waals surface area (Å²) in [5, 5.41) is 0.468. The summed E-state index contributed by atoms with van der Waals surface area (Å²) in [5.41, 5.74) is 7.46. The number of thioether (sulfide) groups is 1. The molecule has 19 heavy (non-hydrogen) atoms. The minimum absolute atomic E-state index is 0.00222. The molecule has 0 aliphatic heterocycles. The van der Waals surface area contributed by atoms with Gasteiger partial charge in [-0.25, -0.2) is 4.39 Å². The lowest BCUT2D eigenvalue weighted by molar-refractivity contribution is 0.617. The second-order valence-electron chi connectivity index (χ2n) is 4.35. The summed E-state index contributed by atoms with van der Waals surface area (Å²) < 4.78 is 13.6. The maximum atomic E-state index is 13.6. The first-order valence-corrected chi connectivity index (χ1v) is 7.35. The molecule has 0 bridgehead atoms. The zero-order valence-electron chi connectivity index (χ0n) is 10.6. The minimum atomic E-state index is -0.261. The average Bonchev–Trinajstić information content (AvgIpc) is 2.38. The van der Waals surface area contributed by atoms with Crippen molar-refractivity contribution in [2.45, 2.75) is 23.6 Å². The highest BCUT2D eigenvalue weighted by Gasteiger charge is 2.08. The Morgan fingerprint density at radius 2 is 2.00 bits per heavy atom. The summed E-state index contributed by atoms with van der Waals surface area (Å²) in [4.78, 5) is 1.06. The Balaban J connectivity index is 2.12. The monoisotopic (exact) mass is 295 g/mol. The van der Waals surface area contributed by atoms with Crippen LogP contribution >= 0.6 is 23.4 Å². The molecule has 0 radical (unpaired) electrons. The molecule has 2 rings (SSSR count). The van der Waals surface area contributed by atoms with E-state index in [0.717, 1.165) is 10.5 Å². The van der Waals surface area contributed by atoms with Crippen LogP contribution in [0.5, 0.6) is 0 Å². The molecule has 0 aliphatic carbocycles. The first kappa shape index (κ1) is 14.4. The van der Waals surface area contributed by atoms with Crippen LogP contribution in [0.4, 0.5) is 4.39 Å². The third-order valence-electron chi connectivity index (χ3n) is 2.83. The van der Waals surface area contributed by atoms with Crippen molar-refractivity contribution in [1.82, 2.24) is 0 Å². The van der Waals surface area contributed by atoms with E-state index in [4.69, 9.17) is 17.3 Å². The van der Waals surface area contributed by atoms with Crippen molar-refractivity contribution in [2.24, 2.45) is 5.73 Å². The summed E-state index contributed by atoms with van der Waals surface area (Å²) in [6.45, 7) is 1.94. The van der Waals surface area contributed by atoms with Crippen molar-refractivity contribution in [3.05, 3.63) is 64.4 Å². The van der Waals surface area contributed by atoms with E-state index in [1.807, 2.05) is 31.2 Å². The van der Waals surface area contributed by atoms with Gasteiger partial charge >= 0.3 is 0 Å². The van der Waals surface area contributed by atoms with Gasteiger partial charge in [-0.2, -0.15) is 0 Å². The van der Waals surface area contributed by atoms with E-state index in [0.29, 0.717) is 16.3 Å². The number of benzene rings is 2. The number of hydrogen-bond acceptors (Lipinski definition) is 2. The van der Waals surface area contributed by atoms with Crippen LogP contribution in [0.15, 0.2) is 47.4 Å². The van der Waals surface area contributed by atoms with Crippen LogP contribution in [0.2, 0.25) is 5.02 Å². The molecule has 4 heteroatoms. The summed E-state index contributed by atoms with van der Waals surface area (Å²) in [5.74, 6) is 0.247. The lowest BCUT2D eigenvalue weighted by Crippen LogP contribution is -2.04. The highest BCUT2D eigenvalue weighted by atomic mass is 35.5. The molecule has 0 saturated carbocycles. The van der Waals surface area contributed by atoms with Gasteiger partial charge in [0.05, 0.1) is 0 Å². The first-order valence-electron chi connectivity index (χ1n) is 5.99. The van der Waals surface area contributed by atoms with Gasteiger partial charge < -0.3 is 5.73 Å². The molecule has 0 saturated heterocycles. The Morgan fingerprint density at radius 3 is 2.68 bits per heavy atom. The minimum Gasteiger partial charge on any atom is -0.324 e. The molecule has 0 spiro atoms. The normalized spacial score (nSPS) is 12.4. The Hall–Kier alpha value is -1.03.